The maximum Gasteiger partial charge on any atom is 0.251 e. The van der Waals surface area contributed by atoms with Gasteiger partial charge >= 0.3 is 0 Å². The standard InChI is InChI=1S/C18H20N6O2/c1-13-7-14(10-19)8-17(23-13)26-16-4-2-3-15(9-16)18(25)21-5-6-24-12-20-11-22-24/h2-4,7-9,11-12H,5-6,10,19H2,1H3,(H,21,25). The normalized spacial score (nSPS) is 10.5. The molecule has 0 atom stereocenters. The molecule has 1 amide bonds. The SMILES string of the molecule is Cc1cc(CN)cc(Oc2cccc(C(=O)NCCn3cncn3)c2)n1. The van der Waals surface area contributed by atoms with Gasteiger partial charge in [-0.05, 0) is 36.8 Å². The summed E-state index contributed by atoms with van der Waals surface area (Å²) in [6.07, 6.45) is 3.06. The van der Waals surface area contributed by atoms with Crippen LogP contribution in [0.5, 0.6) is 11.6 Å². The van der Waals surface area contributed by atoms with Gasteiger partial charge in [0.15, 0.2) is 0 Å². The first-order chi connectivity index (χ1) is 12.6. The molecular formula is C18H20N6O2. The molecule has 0 saturated heterocycles. The van der Waals surface area contributed by atoms with Gasteiger partial charge in [0.2, 0.25) is 5.88 Å². The molecule has 1 aromatic carbocycles. The van der Waals surface area contributed by atoms with Crippen molar-refractivity contribution in [3.05, 3.63) is 65.9 Å². The molecule has 8 heteroatoms. The number of hydrogen-bond donors (Lipinski definition) is 2. The zero-order valence-electron chi connectivity index (χ0n) is 14.4. The summed E-state index contributed by atoms with van der Waals surface area (Å²) < 4.78 is 7.44. The summed E-state index contributed by atoms with van der Waals surface area (Å²) in [4.78, 5) is 20.5. The fourth-order valence-electron chi connectivity index (χ4n) is 2.43. The molecule has 2 aromatic heterocycles. The zero-order valence-corrected chi connectivity index (χ0v) is 14.4. The number of nitrogens with two attached hydrogens (primary N) is 1. The molecular weight excluding hydrogens is 332 g/mol. The van der Waals surface area contributed by atoms with Crippen LogP contribution in [0.3, 0.4) is 0 Å². The third kappa shape index (κ3) is 4.64. The van der Waals surface area contributed by atoms with Crippen LogP contribution in [0.2, 0.25) is 0 Å². The van der Waals surface area contributed by atoms with Gasteiger partial charge in [-0.2, -0.15) is 5.10 Å². The lowest BCUT2D eigenvalue weighted by Gasteiger charge is -2.09. The van der Waals surface area contributed by atoms with Crippen molar-refractivity contribution in [1.29, 1.82) is 0 Å². The van der Waals surface area contributed by atoms with Gasteiger partial charge in [0.25, 0.3) is 5.91 Å². The molecule has 134 valence electrons. The molecule has 0 aliphatic rings. The third-order valence-corrected chi connectivity index (χ3v) is 3.64. The summed E-state index contributed by atoms with van der Waals surface area (Å²) >= 11 is 0. The Morgan fingerprint density at radius 1 is 1.31 bits per heavy atom. The van der Waals surface area contributed by atoms with Gasteiger partial charge in [-0.3, -0.25) is 9.48 Å². The lowest BCUT2D eigenvalue weighted by molar-refractivity contribution is 0.0951. The van der Waals surface area contributed by atoms with Crippen molar-refractivity contribution in [2.75, 3.05) is 6.54 Å². The van der Waals surface area contributed by atoms with Crippen molar-refractivity contribution in [3.8, 4) is 11.6 Å². The minimum absolute atomic E-state index is 0.185. The van der Waals surface area contributed by atoms with E-state index in [0.29, 0.717) is 36.8 Å². The number of carbonyl (C=O) groups is 1. The number of hydrogen-bond acceptors (Lipinski definition) is 6. The topological polar surface area (TPSA) is 108 Å². The molecule has 0 aliphatic carbocycles. The van der Waals surface area contributed by atoms with E-state index in [9.17, 15) is 4.79 Å². The molecule has 26 heavy (non-hydrogen) atoms. The van der Waals surface area contributed by atoms with Crippen LogP contribution >= 0.6 is 0 Å². The molecule has 3 N–H and O–H groups in total. The number of aryl methyl sites for hydroxylation is 1. The number of pyridine rings is 1. The monoisotopic (exact) mass is 352 g/mol. The second kappa shape index (κ2) is 8.21. The molecule has 0 aliphatic heterocycles. The van der Waals surface area contributed by atoms with Gasteiger partial charge in [-0.25, -0.2) is 9.97 Å². The van der Waals surface area contributed by atoms with Gasteiger partial charge in [-0.15, -0.1) is 0 Å². The van der Waals surface area contributed by atoms with Crippen LogP contribution in [0, 0.1) is 6.92 Å². The maximum absolute atomic E-state index is 12.3. The van der Waals surface area contributed by atoms with Crippen molar-refractivity contribution < 1.29 is 9.53 Å². The minimum Gasteiger partial charge on any atom is -0.439 e. The summed E-state index contributed by atoms with van der Waals surface area (Å²) in [6.45, 7) is 3.29. The van der Waals surface area contributed by atoms with Crippen LogP contribution in [0.1, 0.15) is 21.6 Å². The number of nitrogens with zero attached hydrogens (tertiary/aromatic N) is 4. The fourth-order valence-corrected chi connectivity index (χ4v) is 2.43. The molecule has 0 bridgehead atoms. The van der Waals surface area contributed by atoms with E-state index in [-0.39, 0.29) is 5.91 Å². The van der Waals surface area contributed by atoms with Gasteiger partial charge in [0, 0.05) is 30.4 Å². The predicted octanol–water partition coefficient (Wildman–Crippen LogP) is 1.66. The van der Waals surface area contributed by atoms with E-state index >= 15 is 0 Å². The molecule has 0 saturated carbocycles. The Balaban J connectivity index is 1.64. The molecule has 0 unspecified atom stereocenters. The number of aromatic nitrogens is 4. The summed E-state index contributed by atoms with van der Waals surface area (Å²) in [5.74, 6) is 0.805. The van der Waals surface area contributed by atoms with E-state index in [2.05, 4.69) is 20.4 Å². The second-order valence-electron chi connectivity index (χ2n) is 5.70. The number of nitrogens with one attached hydrogen (secondary N) is 1. The van der Waals surface area contributed by atoms with Crippen LogP contribution in [0.25, 0.3) is 0 Å². The van der Waals surface area contributed by atoms with E-state index < -0.39 is 0 Å². The molecule has 2 heterocycles. The number of benzene rings is 1. The van der Waals surface area contributed by atoms with Crippen LogP contribution in [0.15, 0.2) is 49.1 Å². The first-order valence-corrected chi connectivity index (χ1v) is 8.20. The van der Waals surface area contributed by atoms with E-state index in [0.717, 1.165) is 11.3 Å². The number of amides is 1. The summed E-state index contributed by atoms with van der Waals surface area (Å²) in [5, 5.41) is 6.83. The Labute approximate surface area is 151 Å². The van der Waals surface area contributed by atoms with Crippen molar-refractivity contribution in [2.24, 2.45) is 5.73 Å². The highest BCUT2D eigenvalue weighted by Gasteiger charge is 2.08. The van der Waals surface area contributed by atoms with Gasteiger partial charge in [0.1, 0.15) is 18.4 Å². The van der Waals surface area contributed by atoms with Crippen molar-refractivity contribution >= 4 is 5.91 Å². The third-order valence-electron chi connectivity index (χ3n) is 3.64. The first kappa shape index (κ1) is 17.6. The van der Waals surface area contributed by atoms with Gasteiger partial charge in [0.05, 0.1) is 6.54 Å². The van der Waals surface area contributed by atoms with Crippen molar-refractivity contribution in [2.45, 2.75) is 20.0 Å². The van der Waals surface area contributed by atoms with Crippen LogP contribution in [-0.2, 0) is 13.1 Å². The zero-order chi connectivity index (χ0) is 18.4. The fraction of sp³-hybridized carbons (Fsp3) is 0.222. The lowest BCUT2D eigenvalue weighted by atomic mass is 10.2. The highest BCUT2D eigenvalue weighted by atomic mass is 16.5. The van der Waals surface area contributed by atoms with Gasteiger partial charge in [-0.1, -0.05) is 6.07 Å². The molecule has 8 nitrogen and oxygen atoms in total. The van der Waals surface area contributed by atoms with Gasteiger partial charge < -0.3 is 15.8 Å². The van der Waals surface area contributed by atoms with Crippen molar-refractivity contribution in [3.63, 3.8) is 0 Å². The Kier molecular flexibility index (Phi) is 5.55. The first-order valence-electron chi connectivity index (χ1n) is 8.20. The van der Waals surface area contributed by atoms with E-state index in [1.165, 1.54) is 6.33 Å². The molecule has 3 rings (SSSR count). The number of carbonyl (C=O) groups excluding carboxylic acids is 1. The Morgan fingerprint density at radius 3 is 2.96 bits per heavy atom. The number of ether oxygens (including phenoxy) is 1. The summed E-state index contributed by atoms with van der Waals surface area (Å²) in [5.41, 5.74) is 7.95. The Bertz CT molecular complexity index is 879. The quantitative estimate of drug-likeness (QED) is 0.669. The highest BCUT2D eigenvalue weighted by Crippen LogP contribution is 2.22. The van der Waals surface area contributed by atoms with Crippen LogP contribution in [0.4, 0.5) is 0 Å². The smallest absolute Gasteiger partial charge is 0.251 e. The summed E-state index contributed by atoms with van der Waals surface area (Å²) in [7, 11) is 0. The van der Waals surface area contributed by atoms with Crippen LogP contribution < -0.4 is 15.8 Å². The van der Waals surface area contributed by atoms with Crippen molar-refractivity contribution in [1.82, 2.24) is 25.1 Å². The Morgan fingerprint density at radius 2 is 2.19 bits per heavy atom. The van der Waals surface area contributed by atoms with Crippen LogP contribution in [-0.4, -0.2) is 32.2 Å². The molecule has 0 radical (unpaired) electrons. The van der Waals surface area contributed by atoms with E-state index in [4.69, 9.17) is 10.5 Å². The number of rotatable bonds is 7. The Hall–Kier alpha value is -3.26. The van der Waals surface area contributed by atoms with E-state index in [1.807, 2.05) is 13.0 Å². The minimum atomic E-state index is -0.185. The maximum atomic E-state index is 12.3. The molecule has 3 aromatic rings. The average molecular weight is 352 g/mol. The molecule has 0 fully saturated rings. The lowest BCUT2D eigenvalue weighted by Crippen LogP contribution is -2.27. The largest absolute Gasteiger partial charge is 0.439 e. The van der Waals surface area contributed by atoms with E-state index in [1.54, 1.807) is 41.3 Å². The predicted molar refractivity (Wildman–Crippen MR) is 95.7 cm³/mol. The molecule has 0 spiro atoms. The highest BCUT2D eigenvalue weighted by molar-refractivity contribution is 5.94. The summed E-state index contributed by atoms with van der Waals surface area (Å²) in [6, 6.07) is 10.6. The second-order valence-corrected chi connectivity index (χ2v) is 5.70. The average Bonchev–Trinajstić information content (AvgIpc) is 3.14.